The second-order valence-electron chi connectivity index (χ2n) is 5.26. The average Bonchev–Trinajstić information content (AvgIpc) is 2.75. The maximum atomic E-state index is 12.6. The molecule has 0 amide bonds. The summed E-state index contributed by atoms with van der Waals surface area (Å²) in [5.74, 6) is 0. The highest BCUT2D eigenvalue weighted by Crippen LogP contribution is 2.36. The summed E-state index contributed by atoms with van der Waals surface area (Å²) < 4.78 is 37.8. The van der Waals surface area contributed by atoms with Crippen LogP contribution in [-0.4, -0.2) is 5.54 Å². The predicted molar refractivity (Wildman–Crippen MR) is 66.7 cm³/mol. The van der Waals surface area contributed by atoms with Crippen LogP contribution in [0, 0.1) is 11.3 Å². The van der Waals surface area contributed by atoms with Crippen LogP contribution in [0.15, 0.2) is 18.2 Å². The zero-order valence-corrected chi connectivity index (χ0v) is 10.6. The smallest absolute Gasteiger partial charge is 0.379 e. The number of hydrogen-bond acceptors (Lipinski definition) is 2. The van der Waals surface area contributed by atoms with Crippen LogP contribution in [-0.2, 0) is 6.18 Å². The number of hydrogen-bond donors (Lipinski definition) is 1. The Kier molecular flexibility index (Phi) is 3.44. The van der Waals surface area contributed by atoms with Crippen LogP contribution in [0.2, 0.25) is 0 Å². The van der Waals surface area contributed by atoms with E-state index >= 15 is 0 Å². The van der Waals surface area contributed by atoms with E-state index in [9.17, 15) is 13.2 Å². The van der Waals surface area contributed by atoms with Crippen molar-refractivity contribution in [1.82, 2.24) is 0 Å². The Morgan fingerprint density at radius 1 is 1.26 bits per heavy atom. The van der Waals surface area contributed by atoms with Gasteiger partial charge in [-0.3, -0.25) is 0 Å². The minimum Gasteiger partial charge on any atom is -0.379 e. The van der Waals surface area contributed by atoms with Crippen molar-refractivity contribution in [3.63, 3.8) is 0 Å². The minimum atomic E-state index is -4.42. The van der Waals surface area contributed by atoms with Gasteiger partial charge in [0.05, 0.1) is 16.8 Å². The van der Waals surface area contributed by atoms with Crippen molar-refractivity contribution in [2.75, 3.05) is 5.32 Å². The summed E-state index contributed by atoms with van der Waals surface area (Å²) >= 11 is 0. The average molecular weight is 268 g/mol. The van der Waals surface area contributed by atoms with E-state index in [4.69, 9.17) is 5.26 Å². The van der Waals surface area contributed by atoms with E-state index in [1.54, 1.807) is 0 Å². The number of halogens is 3. The van der Waals surface area contributed by atoms with E-state index in [1.807, 2.05) is 13.0 Å². The van der Waals surface area contributed by atoms with Gasteiger partial charge in [-0.1, -0.05) is 12.8 Å². The lowest BCUT2D eigenvalue weighted by molar-refractivity contribution is -0.137. The second-order valence-corrected chi connectivity index (χ2v) is 5.26. The van der Waals surface area contributed by atoms with Crippen LogP contribution in [0.5, 0.6) is 0 Å². The van der Waals surface area contributed by atoms with Gasteiger partial charge in [-0.15, -0.1) is 0 Å². The first-order chi connectivity index (χ1) is 8.84. The zero-order chi connectivity index (χ0) is 14.1. The molecule has 102 valence electrons. The topological polar surface area (TPSA) is 35.8 Å². The Morgan fingerprint density at radius 3 is 2.42 bits per heavy atom. The van der Waals surface area contributed by atoms with Crippen LogP contribution in [0.4, 0.5) is 18.9 Å². The van der Waals surface area contributed by atoms with Gasteiger partial charge in [-0.05, 0) is 38.0 Å². The minimum absolute atomic E-state index is 0.0444. The molecule has 0 radical (unpaired) electrons. The summed E-state index contributed by atoms with van der Waals surface area (Å²) in [7, 11) is 0. The summed E-state index contributed by atoms with van der Waals surface area (Å²) in [5, 5.41) is 12.2. The fourth-order valence-electron chi connectivity index (χ4n) is 2.53. The molecule has 1 fully saturated rings. The van der Waals surface area contributed by atoms with Crippen LogP contribution < -0.4 is 5.32 Å². The van der Waals surface area contributed by atoms with Crippen molar-refractivity contribution in [3.05, 3.63) is 29.3 Å². The lowest BCUT2D eigenvalue weighted by atomic mass is 9.99. The first-order valence-corrected chi connectivity index (χ1v) is 6.24. The van der Waals surface area contributed by atoms with Crippen molar-refractivity contribution in [2.24, 2.45) is 0 Å². The number of nitrogens with zero attached hydrogens (tertiary/aromatic N) is 1. The van der Waals surface area contributed by atoms with Crippen LogP contribution >= 0.6 is 0 Å². The van der Waals surface area contributed by atoms with Gasteiger partial charge in [0.1, 0.15) is 6.07 Å². The standard InChI is InChI=1S/C14H15F3N2/c1-13(6-2-3-7-13)19-12-5-4-11(14(15,16)17)8-10(12)9-18/h4-5,8,19H,2-3,6-7H2,1H3. The van der Waals surface area contributed by atoms with Crippen LogP contribution in [0.25, 0.3) is 0 Å². The third-order valence-electron chi connectivity index (χ3n) is 3.61. The summed E-state index contributed by atoms with van der Waals surface area (Å²) in [5.41, 5.74) is -0.375. The fraction of sp³-hybridized carbons (Fsp3) is 0.500. The Bertz CT molecular complexity index is 508. The predicted octanol–water partition coefficient (Wildman–Crippen LogP) is 4.32. The van der Waals surface area contributed by atoms with Crippen molar-refractivity contribution in [1.29, 1.82) is 5.26 Å². The van der Waals surface area contributed by atoms with Gasteiger partial charge in [0, 0.05) is 5.54 Å². The number of anilines is 1. The maximum Gasteiger partial charge on any atom is 0.416 e. The maximum absolute atomic E-state index is 12.6. The summed E-state index contributed by atoms with van der Waals surface area (Å²) in [6.45, 7) is 2.04. The molecule has 1 aliphatic rings. The second kappa shape index (κ2) is 4.76. The zero-order valence-electron chi connectivity index (χ0n) is 10.6. The molecule has 0 aliphatic heterocycles. The molecule has 1 aromatic carbocycles. The number of benzene rings is 1. The van der Waals surface area contributed by atoms with E-state index < -0.39 is 11.7 Å². The summed E-state index contributed by atoms with van der Waals surface area (Å²) in [6, 6.07) is 5.11. The molecule has 0 aromatic heterocycles. The van der Waals surface area contributed by atoms with E-state index in [2.05, 4.69) is 5.32 Å². The Morgan fingerprint density at radius 2 is 1.89 bits per heavy atom. The molecule has 0 bridgehead atoms. The van der Waals surface area contributed by atoms with Gasteiger partial charge in [0.15, 0.2) is 0 Å². The number of nitrogens with one attached hydrogen (secondary N) is 1. The van der Waals surface area contributed by atoms with Gasteiger partial charge in [-0.25, -0.2) is 0 Å². The highest BCUT2D eigenvalue weighted by atomic mass is 19.4. The molecule has 1 saturated carbocycles. The molecule has 0 spiro atoms. The molecule has 2 rings (SSSR count). The van der Waals surface area contributed by atoms with Gasteiger partial charge in [0.25, 0.3) is 0 Å². The Balaban J connectivity index is 2.29. The summed E-state index contributed by atoms with van der Waals surface area (Å²) in [6.07, 6.45) is -0.267. The molecule has 0 saturated heterocycles. The number of nitriles is 1. The van der Waals surface area contributed by atoms with E-state index in [-0.39, 0.29) is 11.1 Å². The molecule has 2 nitrogen and oxygen atoms in total. The molecule has 5 heteroatoms. The molecular weight excluding hydrogens is 253 g/mol. The molecule has 0 atom stereocenters. The molecule has 1 aromatic rings. The highest BCUT2D eigenvalue weighted by Gasteiger charge is 2.32. The summed E-state index contributed by atoms with van der Waals surface area (Å²) in [4.78, 5) is 0. The van der Waals surface area contributed by atoms with Crippen molar-refractivity contribution >= 4 is 5.69 Å². The van der Waals surface area contributed by atoms with Crippen LogP contribution in [0.3, 0.4) is 0 Å². The first-order valence-electron chi connectivity index (χ1n) is 6.24. The Hall–Kier alpha value is -1.70. The first kappa shape index (κ1) is 13.7. The van der Waals surface area contributed by atoms with Crippen molar-refractivity contribution in [2.45, 2.75) is 44.3 Å². The van der Waals surface area contributed by atoms with Crippen molar-refractivity contribution < 1.29 is 13.2 Å². The van der Waals surface area contributed by atoms with E-state index in [1.165, 1.54) is 6.07 Å². The monoisotopic (exact) mass is 268 g/mol. The largest absolute Gasteiger partial charge is 0.416 e. The van der Waals surface area contributed by atoms with Gasteiger partial charge >= 0.3 is 6.18 Å². The number of rotatable bonds is 2. The fourth-order valence-corrected chi connectivity index (χ4v) is 2.53. The number of alkyl halides is 3. The van der Waals surface area contributed by atoms with Crippen molar-refractivity contribution in [3.8, 4) is 6.07 Å². The normalized spacial score (nSPS) is 18.1. The third kappa shape index (κ3) is 3.01. The van der Waals surface area contributed by atoms with E-state index in [0.29, 0.717) is 5.69 Å². The van der Waals surface area contributed by atoms with Crippen LogP contribution in [0.1, 0.15) is 43.7 Å². The highest BCUT2D eigenvalue weighted by molar-refractivity contribution is 5.60. The SMILES string of the molecule is CC1(Nc2ccc(C(F)(F)F)cc2C#N)CCCC1. The van der Waals surface area contributed by atoms with E-state index in [0.717, 1.165) is 37.8 Å². The molecular formula is C14H15F3N2. The van der Waals surface area contributed by atoms with Gasteiger partial charge in [-0.2, -0.15) is 18.4 Å². The molecule has 1 N–H and O–H groups in total. The van der Waals surface area contributed by atoms with Gasteiger partial charge in [0.2, 0.25) is 0 Å². The lowest BCUT2D eigenvalue weighted by Gasteiger charge is -2.27. The molecule has 19 heavy (non-hydrogen) atoms. The Labute approximate surface area is 110 Å². The third-order valence-corrected chi connectivity index (χ3v) is 3.61. The molecule has 0 heterocycles. The lowest BCUT2D eigenvalue weighted by Crippen LogP contribution is -2.31. The molecule has 0 unspecified atom stereocenters. The van der Waals surface area contributed by atoms with Gasteiger partial charge < -0.3 is 5.32 Å². The quantitative estimate of drug-likeness (QED) is 0.867. The molecule has 1 aliphatic carbocycles.